The predicted octanol–water partition coefficient (Wildman–Crippen LogP) is 2.65. The van der Waals surface area contributed by atoms with Crippen LogP contribution in [0.4, 0.5) is 4.79 Å². The highest BCUT2D eigenvalue weighted by atomic mass is 16.6. The van der Waals surface area contributed by atoms with Crippen LogP contribution in [0.1, 0.15) is 45.6 Å². The smallest absolute Gasteiger partial charge is 0.410 e. The van der Waals surface area contributed by atoms with Crippen LogP contribution in [0.2, 0.25) is 0 Å². The number of aromatic nitrogens is 1. The summed E-state index contributed by atoms with van der Waals surface area (Å²) in [5.74, 6) is 0.544. The van der Waals surface area contributed by atoms with Crippen molar-refractivity contribution >= 4 is 12.0 Å². The van der Waals surface area contributed by atoms with Crippen molar-refractivity contribution in [3.05, 3.63) is 30.1 Å². The molecule has 0 radical (unpaired) electrons. The highest BCUT2D eigenvalue weighted by molar-refractivity contribution is 5.83. The van der Waals surface area contributed by atoms with Crippen LogP contribution in [0.15, 0.2) is 24.5 Å². The quantitative estimate of drug-likeness (QED) is 0.827. The second-order valence-electron chi connectivity index (χ2n) is 8.04. The summed E-state index contributed by atoms with van der Waals surface area (Å²) in [6, 6.07) is 3.95. The third-order valence-electron chi connectivity index (χ3n) is 4.78. The average molecular weight is 345 g/mol. The Morgan fingerprint density at radius 2 is 2.04 bits per heavy atom. The van der Waals surface area contributed by atoms with E-state index in [0.717, 1.165) is 12.0 Å². The van der Waals surface area contributed by atoms with Crippen molar-refractivity contribution in [2.45, 2.75) is 51.7 Å². The molecule has 3 rings (SSSR count). The van der Waals surface area contributed by atoms with E-state index in [1.54, 1.807) is 11.1 Å². The van der Waals surface area contributed by atoms with Gasteiger partial charge in [0.05, 0.1) is 0 Å². The fourth-order valence-electron chi connectivity index (χ4n) is 3.42. The van der Waals surface area contributed by atoms with E-state index in [9.17, 15) is 9.59 Å². The van der Waals surface area contributed by atoms with Gasteiger partial charge in [-0.25, -0.2) is 4.79 Å². The molecule has 136 valence electrons. The standard InChI is InChI=1S/C19H27N3O3/c1-13-12-21(18(24)25-19(2,3)4)8-9-22(13)17(23)16-10-15(16)14-6-5-7-20-11-14/h5-7,11,13,15-16H,8-10,12H2,1-4H3. The lowest BCUT2D eigenvalue weighted by atomic mass is 10.1. The van der Waals surface area contributed by atoms with E-state index in [1.807, 2.05) is 50.9 Å². The Kier molecular flexibility index (Phi) is 4.71. The number of amides is 2. The van der Waals surface area contributed by atoms with Gasteiger partial charge < -0.3 is 14.5 Å². The summed E-state index contributed by atoms with van der Waals surface area (Å²) in [6.07, 6.45) is 4.19. The minimum atomic E-state index is -0.502. The number of pyridine rings is 1. The molecule has 1 aliphatic carbocycles. The highest BCUT2D eigenvalue weighted by Crippen LogP contribution is 2.48. The summed E-state index contributed by atoms with van der Waals surface area (Å²) in [5, 5.41) is 0. The van der Waals surface area contributed by atoms with E-state index in [0.29, 0.717) is 19.6 Å². The van der Waals surface area contributed by atoms with Crippen molar-refractivity contribution < 1.29 is 14.3 Å². The lowest BCUT2D eigenvalue weighted by Gasteiger charge is -2.40. The number of rotatable bonds is 2. The van der Waals surface area contributed by atoms with Crippen molar-refractivity contribution in [3.63, 3.8) is 0 Å². The first-order valence-electron chi connectivity index (χ1n) is 8.94. The van der Waals surface area contributed by atoms with Gasteiger partial charge in [-0.3, -0.25) is 9.78 Å². The summed E-state index contributed by atoms with van der Waals surface area (Å²) >= 11 is 0. The summed E-state index contributed by atoms with van der Waals surface area (Å²) in [7, 11) is 0. The third-order valence-corrected chi connectivity index (χ3v) is 4.78. The second kappa shape index (κ2) is 6.65. The molecule has 0 aromatic carbocycles. The maximum absolute atomic E-state index is 12.8. The van der Waals surface area contributed by atoms with Gasteiger partial charge in [0.25, 0.3) is 0 Å². The Morgan fingerprint density at radius 1 is 1.28 bits per heavy atom. The van der Waals surface area contributed by atoms with E-state index in [-0.39, 0.29) is 29.9 Å². The molecular weight excluding hydrogens is 318 g/mol. The molecule has 2 heterocycles. The first-order valence-corrected chi connectivity index (χ1v) is 8.94. The molecule has 25 heavy (non-hydrogen) atoms. The number of hydrogen-bond acceptors (Lipinski definition) is 4. The van der Waals surface area contributed by atoms with E-state index in [4.69, 9.17) is 4.74 Å². The van der Waals surface area contributed by atoms with E-state index in [1.165, 1.54) is 0 Å². The van der Waals surface area contributed by atoms with Gasteiger partial charge in [0.2, 0.25) is 5.91 Å². The molecule has 2 amide bonds. The van der Waals surface area contributed by atoms with Crippen LogP contribution < -0.4 is 0 Å². The third kappa shape index (κ3) is 4.11. The molecule has 3 atom stereocenters. The summed E-state index contributed by atoms with van der Waals surface area (Å²) in [5.41, 5.74) is 0.638. The Bertz CT molecular complexity index is 641. The monoisotopic (exact) mass is 345 g/mol. The molecule has 3 unspecified atom stereocenters. The van der Waals surface area contributed by atoms with Crippen LogP contribution in [-0.2, 0) is 9.53 Å². The highest BCUT2D eigenvalue weighted by Gasteiger charge is 2.47. The largest absolute Gasteiger partial charge is 0.444 e. The number of ether oxygens (including phenoxy) is 1. The number of nitrogens with zero attached hydrogens (tertiary/aromatic N) is 3. The van der Waals surface area contributed by atoms with Crippen LogP contribution in [0, 0.1) is 5.92 Å². The van der Waals surface area contributed by atoms with Gasteiger partial charge >= 0.3 is 6.09 Å². The molecule has 1 aromatic rings. The second-order valence-corrected chi connectivity index (χ2v) is 8.04. The normalized spacial score (nSPS) is 26.3. The Labute approximate surface area is 149 Å². The van der Waals surface area contributed by atoms with Crippen molar-refractivity contribution in [2.75, 3.05) is 19.6 Å². The molecule has 1 saturated heterocycles. The molecule has 1 saturated carbocycles. The van der Waals surface area contributed by atoms with Crippen LogP contribution in [0.5, 0.6) is 0 Å². The Balaban J connectivity index is 1.55. The molecule has 0 bridgehead atoms. The molecule has 0 spiro atoms. The van der Waals surface area contributed by atoms with Gasteiger partial charge in [-0.2, -0.15) is 0 Å². The van der Waals surface area contributed by atoms with Gasteiger partial charge in [0.1, 0.15) is 5.60 Å². The lowest BCUT2D eigenvalue weighted by Crippen LogP contribution is -2.56. The molecule has 1 aromatic heterocycles. The summed E-state index contributed by atoms with van der Waals surface area (Å²) < 4.78 is 5.43. The zero-order valence-electron chi connectivity index (χ0n) is 15.4. The maximum atomic E-state index is 12.8. The van der Waals surface area contributed by atoms with Gasteiger partial charge in [-0.1, -0.05) is 6.07 Å². The molecule has 1 aliphatic heterocycles. The van der Waals surface area contributed by atoms with Crippen molar-refractivity contribution in [1.29, 1.82) is 0 Å². The van der Waals surface area contributed by atoms with Crippen molar-refractivity contribution in [2.24, 2.45) is 5.92 Å². The van der Waals surface area contributed by atoms with Crippen molar-refractivity contribution in [1.82, 2.24) is 14.8 Å². The van der Waals surface area contributed by atoms with Crippen LogP contribution in [0.3, 0.4) is 0 Å². The van der Waals surface area contributed by atoms with Gasteiger partial charge in [0.15, 0.2) is 0 Å². The molecule has 0 N–H and O–H groups in total. The first-order chi connectivity index (χ1) is 11.8. The first kappa shape index (κ1) is 17.7. The zero-order valence-corrected chi connectivity index (χ0v) is 15.4. The maximum Gasteiger partial charge on any atom is 0.410 e. The van der Waals surface area contributed by atoms with Crippen molar-refractivity contribution in [3.8, 4) is 0 Å². The fraction of sp³-hybridized carbons (Fsp3) is 0.632. The van der Waals surface area contributed by atoms with Crippen LogP contribution >= 0.6 is 0 Å². The average Bonchev–Trinajstić information content (AvgIpc) is 3.34. The number of piperazine rings is 1. The van der Waals surface area contributed by atoms with Crippen LogP contribution in [0.25, 0.3) is 0 Å². The molecule has 6 heteroatoms. The van der Waals surface area contributed by atoms with Gasteiger partial charge in [0, 0.05) is 44.0 Å². The topological polar surface area (TPSA) is 62.7 Å². The number of carbonyl (C=O) groups excluding carboxylic acids is 2. The Hall–Kier alpha value is -2.11. The lowest BCUT2D eigenvalue weighted by molar-refractivity contribution is -0.137. The SMILES string of the molecule is CC1CN(C(=O)OC(C)(C)C)CCN1C(=O)C1CC1c1cccnc1. The minimum absolute atomic E-state index is 0.00363. The van der Waals surface area contributed by atoms with Crippen LogP contribution in [-0.4, -0.2) is 58.1 Å². The summed E-state index contributed by atoms with van der Waals surface area (Å²) in [4.78, 5) is 32.8. The predicted molar refractivity (Wildman–Crippen MR) is 94.1 cm³/mol. The summed E-state index contributed by atoms with van der Waals surface area (Å²) in [6.45, 7) is 9.19. The zero-order chi connectivity index (χ0) is 18.2. The molecular formula is C19H27N3O3. The molecule has 6 nitrogen and oxygen atoms in total. The molecule has 2 fully saturated rings. The fourth-order valence-corrected chi connectivity index (χ4v) is 3.42. The molecule has 2 aliphatic rings. The minimum Gasteiger partial charge on any atom is -0.444 e. The van der Waals surface area contributed by atoms with E-state index in [2.05, 4.69) is 4.98 Å². The van der Waals surface area contributed by atoms with Gasteiger partial charge in [-0.05, 0) is 51.7 Å². The van der Waals surface area contributed by atoms with E-state index < -0.39 is 5.60 Å². The number of hydrogen-bond donors (Lipinski definition) is 0. The number of carbonyl (C=O) groups is 2. The van der Waals surface area contributed by atoms with E-state index >= 15 is 0 Å². The van der Waals surface area contributed by atoms with Gasteiger partial charge in [-0.15, -0.1) is 0 Å². The Morgan fingerprint density at radius 3 is 2.64 bits per heavy atom.